The molecule has 1 aromatic heterocycles. The van der Waals surface area contributed by atoms with Gasteiger partial charge in [-0.1, -0.05) is 44.5 Å². The van der Waals surface area contributed by atoms with Crippen molar-refractivity contribution >= 4 is 29.1 Å². The largest absolute Gasteiger partial charge is 0.324 e. The normalized spacial score (nSPS) is 11.0. The molecular formula is C15H17ClN4O. The molecule has 0 atom stereocenters. The van der Waals surface area contributed by atoms with E-state index < -0.39 is 0 Å². The van der Waals surface area contributed by atoms with Crippen LogP contribution in [0.3, 0.4) is 0 Å². The van der Waals surface area contributed by atoms with E-state index in [-0.39, 0.29) is 16.6 Å². The molecule has 0 radical (unpaired) electrons. The predicted octanol–water partition coefficient (Wildman–Crippen LogP) is 4.07. The molecule has 1 heterocycles. The van der Waals surface area contributed by atoms with Crippen molar-refractivity contribution in [3.8, 4) is 0 Å². The van der Waals surface area contributed by atoms with Crippen LogP contribution in [0.4, 0.5) is 16.3 Å². The van der Waals surface area contributed by atoms with Crippen LogP contribution in [0.15, 0.2) is 36.4 Å². The van der Waals surface area contributed by atoms with Crippen LogP contribution in [0.5, 0.6) is 0 Å². The molecule has 6 heteroatoms. The van der Waals surface area contributed by atoms with E-state index in [1.165, 1.54) is 5.56 Å². The highest BCUT2D eigenvalue weighted by Crippen LogP contribution is 2.23. The van der Waals surface area contributed by atoms with Gasteiger partial charge in [0.1, 0.15) is 0 Å². The van der Waals surface area contributed by atoms with Gasteiger partial charge in [0.05, 0.1) is 0 Å². The van der Waals surface area contributed by atoms with Gasteiger partial charge in [0, 0.05) is 5.69 Å². The zero-order chi connectivity index (χ0) is 15.5. The number of benzene rings is 1. The molecule has 0 aliphatic rings. The highest BCUT2D eigenvalue weighted by Gasteiger charge is 2.13. The molecule has 2 aromatic rings. The van der Waals surface area contributed by atoms with Gasteiger partial charge in [-0.2, -0.15) is 0 Å². The van der Waals surface area contributed by atoms with E-state index >= 15 is 0 Å². The maximum Gasteiger partial charge on any atom is 0.324 e. The lowest BCUT2D eigenvalue weighted by Gasteiger charge is -2.19. The fourth-order valence-electron chi connectivity index (χ4n) is 1.71. The molecule has 110 valence electrons. The Kier molecular flexibility index (Phi) is 4.43. The highest BCUT2D eigenvalue weighted by atomic mass is 35.5. The number of hydrogen-bond donors (Lipinski definition) is 2. The van der Waals surface area contributed by atoms with Gasteiger partial charge in [0.15, 0.2) is 11.0 Å². The molecule has 2 rings (SSSR count). The molecule has 0 aliphatic carbocycles. The standard InChI is InChI=1S/C15H17ClN4O/c1-15(2,3)10-4-6-11(7-5-10)17-14(21)18-13-9-8-12(16)19-20-13/h4-9H,1-3H3,(H2,17,18,20,21). The van der Waals surface area contributed by atoms with Gasteiger partial charge in [0.2, 0.25) is 0 Å². The molecule has 0 bridgehead atoms. The van der Waals surface area contributed by atoms with Gasteiger partial charge in [-0.15, -0.1) is 10.2 Å². The molecule has 2 N–H and O–H groups in total. The van der Waals surface area contributed by atoms with Gasteiger partial charge in [-0.25, -0.2) is 4.79 Å². The van der Waals surface area contributed by atoms with Crippen LogP contribution in [0.1, 0.15) is 26.3 Å². The zero-order valence-corrected chi connectivity index (χ0v) is 12.9. The predicted molar refractivity (Wildman–Crippen MR) is 84.8 cm³/mol. The molecule has 1 aromatic carbocycles. The van der Waals surface area contributed by atoms with Crippen LogP contribution in [0.25, 0.3) is 0 Å². The fraction of sp³-hybridized carbons (Fsp3) is 0.267. The van der Waals surface area contributed by atoms with Crippen LogP contribution in [0, 0.1) is 0 Å². The number of hydrogen-bond acceptors (Lipinski definition) is 3. The van der Waals surface area contributed by atoms with E-state index in [9.17, 15) is 4.79 Å². The Hall–Kier alpha value is -2.14. The van der Waals surface area contributed by atoms with Crippen LogP contribution in [-0.2, 0) is 5.41 Å². The van der Waals surface area contributed by atoms with E-state index in [1.807, 2.05) is 24.3 Å². The number of carbonyl (C=O) groups excluding carboxylic acids is 1. The molecule has 0 spiro atoms. The number of aromatic nitrogens is 2. The minimum Gasteiger partial charge on any atom is -0.308 e. The van der Waals surface area contributed by atoms with Crippen molar-refractivity contribution in [3.05, 3.63) is 47.1 Å². The summed E-state index contributed by atoms with van der Waals surface area (Å²) in [5.41, 5.74) is 2.00. The lowest BCUT2D eigenvalue weighted by molar-refractivity contribution is 0.262. The van der Waals surface area contributed by atoms with Crippen molar-refractivity contribution in [2.75, 3.05) is 10.6 Å². The summed E-state index contributed by atoms with van der Waals surface area (Å²) in [6.07, 6.45) is 0. The molecule has 21 heavy (non-hydrogen) atoms. The van der Waals surface area contributed by atoms with Crippen LogP contribution < -0.4 is 10.6 Å². The summed E-state index contributed by atoms with van der Waals surface area (Å²) in [6, 6.07) is 10.5. The van der Waals surface area contributed by atoms with Crippen molar-refractivity contribution in [1.29, 1.82) is 0 Å². The first-order chi connectivity index (χ1) is 9.84. The number of anilines is 2. The lowest BCUT2D eigenvalue weighted by atomic mass is 9.87. The number of carbonyl (C=O) groups is 1. The van der Waals surface area contributed by atoms with E-state index in [4.69, 9.17) is 11.6 Å². The molecule has 0 unspecified atom stereocenters. The maximum absolute atomic E-state index is 11.8. The van der Waals surface area contributed by atoms with E-state index in [1.54, 1.807) is 12.1 Å². The summed E-state index contributed by atoms with van der Waals surface area (Å²) in [5, 5.41) is 13.0. The molecule has 5 nitrogen and oxygen atoms in total. The summed E-state index contributed by atoms with van der Waals surface area (Å²) < 4.78 is 0. The Morgan fingerprint density at radius 2 is 1.67 bits per heavy atom. The number of halogens is 1. The first-order valence-corrected chi connectivity index (χ1v) is 6.90. The Morgan fingerprint density at radius 1 is 1.00 bits per heavy atom. The third kappa shape index (κ3) is 4.43. The number of nitrogens with one attached hydrogen (secondary N) is 2. The second kappa shape index (κ2) is 6.10. The SMILES string of the molecule is CC(C)(C)c1ccc(NC(=O)Nc2ccc(Cl)nn2)cc1. The van der Waals surface area contributed by atoms with Crippen molar-refractivity contribution in [1.82, 2.24) is 10.2 Å². The smallest absolute Gasteiger partial charge is 0.308 e. The lowest BCUT2D eigenvalue weighted by Crippen LogP contribution is -2.20. The van der Waals surface area contributed by atoms with Crippen LogP contribution in [-0.4, -0.2) is 16.2 Å². The molecule has 2 amide bonds. The van der Waals surface area contributed by atoms with Gasteiger partial charge < -0.3 is 5.32 Å². The van der Waals surface area contributed by atoms with Crippen molar-refractivity contribution < 1.29 is 4.79 Å². The maximum atomic E-state index is 11.8. The monoisotopic (exact) mass is 304 g/mol. The number of urea groups is 1. The minimum atomic E-state index is -0.380. The molecule has 0 aliphatic heterocycles. The minimum absolute atomic E-state index is 0.0830. The molecular weight excluding hydrogens is 288 g/mol. The number of rotatable bonds is 2. The van der Waals surface area contributed by atoms with E-state index in [2.05, 4.69) is 41.6 Å². The van der Waals surface area contributed by atoms with Crippen molar-refractivity contribution in [2.24, 2.45) is 0 Å². The Morgan fingerprint density at radius 3 is 2.19 bits per heavy atom. The van der Waals surface area contributed by atoms with Gasteiger partial charge in [-0.3, -0.25) is 5.32 Å². The van der Waals surface area contributed by atoms with E-state index in [0.717, 1.165) is 0 Å². The second-order valence-corrected chi connectivity index (χ2v) is 6.04. The number of amides is 2. The highest BCUT2D eigenvalue weighted by molar-refractivity contribution is 6.29. The van der Waals surface area contributed by atoms with Gasteiger partial charge in [-0.05, 0) is 35.2 Å². The third-order valence-corrected chi connectivity index (χ3v) is 3.08. The van der Waals surface area contributed by atoms with Crippen molar-refractivity contribution in [2.45, 2.75) is 26.2 Å². The second-order valence-electron chi connectivity index (χ2n) is 5.65. The molecule has 0 fully saturated rings. The summed E-state index contributed by atoms with van der Waals surface area (Å²) in [5.74, 6) is 0.336. The summed E-state index contributed by atoms with van der Waals surface area (Å²) in [7, 11) is 0. The van der Waals surface area contributed by atoms with E-state index in [0.29, 0.717) is 11.5 Å². The fourth-order valence-corrected chi connectivity index (χ4v) is 1.82. The first-order valence-electron chi connectivity index (χ1n) is 6.52. The molecule has 0 saturated carbocycles. The third-order valence-electron chi connectivity index (χ3n) is 2.88. The Bertz CT molecular complexity index is 618. The quantitative estimate of drug-likeness (QED) is 0.878. The number of nitrogens with zero attached hydrogens (tertiary/aromatic N) is 2. The zero-order valence-electron chi connectivity index (χ0n) is 12.1. The first kappa shape index (κ1) is 15.3. The van der Waals surface area contributed by atoms with Gasteiger partial charge in [0.25, 0.3) is 0 Å². The van der Waals surface area contributed by atoms with Crippen LogP contribution >= 0.6 is 11.6 Å². The summed E-state index contributed by atoms with van der Waals surface area (Å²) in [4.78, 5) is 11.8. The average molecular weight is 305 g/mol. The topological polar surface area (TPSA) is 66.9 Å². The van der Waals surface area contributed by atoms with Crippen molar-refractivity contribution in [3.63, 3.8) is 0 Å². The summed E-state index contributed by atoms with van der Waals surface area (Å²) in [6.45, 7) is 6.42. The average Bonchev–Trinajstić information content (AvgIpc) is 2.41. The Labute approximate surface area is 128 Å². The Balaban J connectivity index is 1.98. The van der Waals surface area contributed by atoms with Crippen LogP contribution in [0.2, 0.25) is 5.15 Å². The molecule has 0 saturated heterocycles. The van der Waals surface area contributed by atoms with Gasteiger partial charge >= 0.3 is 6.03 Å². The summed E-state index contributed by atoms with van der Waals surface area (Å²) >= 11 is 5.63.